The number of rotatable bonds is 4. The monoisotopic (exact) mass is 232 g/mol. The molecule has 0 saturated carbocycles. The molecule has 0 rings (SSSR count). The number of aliphatic hydroxyl groups excluding tert-OH is 1. The first-order chi connectivity index (χ1) is 6.04. The second kappa shape index (κ2) is 3.87. The zero-order valence-corrected chi connectivity index (χ0v) is 6.20. The van der Waals surface area contributed by atoms with Crippen LogP contribution >= 0.6 is 0 Å². The van der Waals surface area contributed by atoms with E-state index in [0.29, 0.717) is 0 Å². The van der Waals surface area contributed by atoms with E-state index in [9.17, 15) is 35.1 Å². The summed E-state index contributed by atoms with van der Waals surface area (Å²) in [6, 6.07) is 0. The van der Waals surface area contributed by atoms with E-state index in [1.807, 2.05) is 0 Å². The minimum Gasteiger partial charge on any atom is -0.381 e. The van der Waals surface area contributed by atoms with Crippen LogP contribution in [0.4, 0.5) is 35.1 Å². The van der Waals surface area contributed by atoms with Gasteiger partial charge in [-0.1, -0.05) is 0 Å². The summed E-state index contributed by atoms with van der Waals surface area (Å²) < 4.78 is 93.4. The molecule has 0 radical (unpaired) electrons. The molecule has 0 aromatic carbocycles. The van der Waals surface area contributed by atoms with Crippen molar-refractivity contribution in [2.24, 2.45) is 0 Å². The maximum atomic E-state index is 12.0. The molecule has 0 aromatic heterocycles. The number of hydrogen-bond acceptors (Lipinski definition) is 1. The van der Waals surface area contributed by atoms with E-state index in [1.54, 1.807) is 0 Å². The summed E-state index contributed by atoms with van der Waals surface area (Å²) in [4.78, 5) is 0. The molecule has 0 atom stereocenters. The summed E-state index contributed by atoms with van der Waals surface area (Å²) in [5, 5.41) is 7.99. The SMILES string of the molecule is OC(C(F)(F)C(F)F)C(F)(F)C(F)F. The fourth-order valence-corrected chi connectivity index (χ4v) is 0.495. The van der Waals surface area contributed by atoms with Crippen molar-refractivity contribution in [3.8, 4) is 0 Å². The van der Waals surface area contributed by atoms with Gasteiger partial charge in [0.25, 0.3) is 0 Å². The molecule has 86 valence electrons. The van der Waals surface area contributed by atoms with Gasteiger partial charge in [-0.2, -0.15) is 17.6 Å². The van der Waals surface area contributed by atoms with E-state index >= 15 is 0 Å². The first kappa shape index (κ1) is 13.4. The van der Waals surface area contributed by atoms with Crippen LogP contribution in [0.2, 0.25) is 0 Å². The lowest BCUT2D eigenvalue weighted by molar-refractivity contribution is -0.283. The molecule has 0 aliphatic heterocycles. The van der Waals surface area contributed by atoms with Crippen molar-refractivity contribution >= 4 is 0 Å². The Balaban J connectivity index is 4.85. The first-order valence-electron chi connectivity index (χ1n) is 3.04. The van der Waals surface area contributed by atoms with Gasteiger partial charge in [0.2, 0.25) is 0 Å². The molecule has 0 fully saturated rings. The molecule has 9 heteroatoms. The van der Waals surface area contributed by atoms with E-state index in [-0.39, 0.29) is 0 Å². The predicted octanol–water partition coefficient (Wildman–Crippen LogP) is 2.15. The lowest BCUT2D eigenvalue weighted by Crippen LogP contribution is -2.54. The van der Waals surface area contributed by atoms with Crippen LogP contribution in [0.3, 0.4) is 0 Å². The van der Waals surface area contributed by atoms with Gasteiger partial charge < -0.3 is 5.11 Å². The van der Waals surface area contributed by atoms with Gasteiger partial charge in [0.05, 0.1) is 0 Å². The zero-order valence-electron chi connectivity index (χ0n) is 6.20. The van der Waals surface area contributed by atoms with Crippen molar-refractivity contribution in [2.45, 2.75) is 30.8 Å². The van der Waals surface area contributed by atoms with E-state index in [0.717, 1.165) is 0 Å². The molecule has 0 spiro atoms. The lowest BCUT2D eigenvalue weighted by Gasteiger charge is -2.27. The molecule has 0 unspecified atom stereocenters. The molecule has 0 amide bonds. The predicted molar refractivity (Wildman–Crippen MR) is 27.9 cm³/mol. The number of hydrogen-bond donors (Lipinski definition) is 1. The van der Waals surface area contributed by atoms with Crippen LogP contribution < -0.4 is 0 Å². The Hall–Kier alpha value is -0.600. The van der Waals surface area contributed by atoms with Crippen molar-refractivity contribution in [1.82, 2.24) is 0 Å². The molecule has 14 heavy (non-hydrogen) atoms. The average Bonchev–Trinajstić information content (AvgIpc) is 2.02. The van der Waals surface area contributed by atoms with Crippen LogP contribution in [0.5, 0.6) is 0 Å². The van der Waals surface area contributed by atoms with E-state index in [4.69, 9.17) is 5.11 Å². The largest absolute Gasteiger partial charge is 0.381 e. The molecule has 0 aliphatic carbocycles. The standard InChI is InChI=1S/C5H4F8O/c6-2(7)4(10,11)1(14)5(12,13)3(8)9/h1-3,14H. The van der Waals surface area contributed by atoms with Gasteiger partial charge in [-0.05, 0) is 0 Å². The number of aliphatic hydroxyl groups is 1. The Labute approximate surface area is 72.3 Å². The van der Waals surface area contributed by atoms with E-state index < -0.39 is 30.8 Å². The molecule has 1 nitrogen and oxygen atoms in total. The number of alkyl halides is 8. The fraction of sp³-hybridized carbons (Fsp3) is 1.00. The summed E-state index contributed by atoms with van der Waals surface area (Å²) in [6.45, 7) is 0. The molecule has 0 bridgehead atoms. The van der Waals surface area contributed by atoms with Crippen molar-refractivity contribution < 1.29 is 40.2 Å². The third-order valence-electron chi connectivity index (χ3n) is 1.31. The quantitative estimate of drug-likeness (QED) is 0.736. The van der Waals surface area contributed by atoms with Crippen LogP contribution in [0, 0.1) is 0 Å². The summed E-state index contributed by atoms with van der Waals surface area (Å²) in [5.41, 5.74) is 0. The van der Waals surface area contributed by atoms with Gasteiger partial charge in [0, 0.05) is 0 Å². The smallest absolute Gasteiger partial charge is 0.338 e. The highest BCUT2D eigenvalue weighted by Crippen LogP contribution is 2.38. The van der Waals surface area contributed by atoms with Crippen LogP contribution in [0.1, 0.15) is 0 Å². The molecule has 0 aliphatic rings. The summed E-state index contributed by atoms with van der Waals surface area (Å²) >= 11 is 0. The Morgan fingerprint density at radius 3 is 1.07 bits per heavy atom. The first-order valence-corrected chi connectivity index (χ1v) is 3.04. The lowest BCUT2D eigenvalue weighted by atomic mass is 10.1. The number of halogens is 8. The van der Waals surface area contributed by atoms with Crippen LogP contribution in [-0.2, 0) is 0 Å². The molecular weight excluding hydrogens is 228 g/mol. The van der Waals surface area contributed by atoms with Gasteiger partial charge in [-0.3, -0.25) is 0 Å². The maximum absolute atomic E-state index is 12.0. The Morgan fingerprint density at radius 1 is 0.714 bits per heavy atom. The fourth-order valence-electron chi connectivity index (χ4n) is 0.495. The van der Waals surface area contributed by atoms with Gasteiger partial charge in [-0.15, -0.1) is 0 Å². The van der Waals surface area contributed by atoms with Crippen molar-refractivity contribution in [1.29, 1.82) is 0 Å². The van der Waals surface area contributed by atoms with Crippen LogP contribution in [-0.4, -0.2) is 35.9 Å². The minimum atomic E-state index is -5.58. The van der Waals surface area contributed by atoms with Gasteiger partial charge in [0.15, 0.2) is 6.10 Å². The maximum Gasteiger partial charge on any atom is 0.338 e. The highest BCUT2D eigenvalue weighted by Gasteiger charge is 2.63. The van der Waals surface area contributed by atoms with Crippen LogP contribution in [0.25, 0.3) is 0 Å². The van der Waals surface area contributed by atoms with Gasteiger partial charge in [0.1, 0.15) is 0 Å². The highest BCUT2D eigenvalue weighted by molar-refractivity contribution is 4.91. The van der Waals surface area contributed by atoms with E-state index in [2.05, 4.69) is 0 Å². The second-order valence-corrected chi connectivity index (χ2v) is 2.35. The summed E-state index contributed by atoms with van der Waals surface area (Å²) in [6.07, 6.45) is -13.7. The second-order valence-electron chi connectivity index (χ2n) is 2.35. The van der Waals surface area contributed by atoms with Crippen molar-refractivity contribution in [3.05, 3.63) is 0 Å². The van der Waals surface area contributed by atoms with Crippen molar-refractivity contribution in [3.63, 3.8) is 0 Å². The molecule has 1 N–H and O–H groups in total. The molecule has 0 heterocycles. The Bertz CT molecular complexity index is 170. The topological polar surface area (TPSA) is 20.2 Å². The highest BCUT2D eigenvalue weighted by atomic mass is 19.3. The third-order valence-corrected chi connectivity index (χ3v) is 1.31. The normalized spacial score (nSPS) is 14.6. The minimum absolute atomic E-state index is 4.42. The third kappa shape index (κ3) is 2.25. The van der Waals surface area contributed by atoms with Crippen LogP contribution in [0.15, 0.2) is 0 Å². The average molecular weight is 232 g/mol. The Morgan fingerprint density at radius 2 is 0.929 bits per heavy atom. The zero-order chi connectivity index (χ0) is 11.7. The Kier molecular flexibility index (Phi) is 3.71. The molecule has 0 aromatic rings. The van der Waals surface area contributed by atoms with Crippen molar-refractivity contribution in [2.75, 3.05) is 0 Å². The summed E-state index contributed by atoms with van der Waals surface area (Å²) in [7, 11) is 0. The molecule has 0 saturated heterocycles. The van der Waals surface area contributed by atoms with Gasteiger partial charge in [-0.25, -0.2) is 17.6 Å². The van der Waals surface area contributed by atoms with E-state index in [1.165, 1.54) is 0 Å². The summed E-state index contributed by atoms with van der Waals surface area (Å²) in [5.74, 6) is -11.2. The molecular formula is C5H4F8O. The van der Waals surface area contributed by atoms with Gasteiger partial charge >= 0.3 is 24.7 Å².